The van der Waals surface area contributed by atoms with Gasteiger partial charge in [0.25, 0.3) is 0 Å². The standard InChI is InChI=1S/C17H11N3O/c1-2-4-13-8-15-9-16(21-17-19-10-18-11-20-17)6-5-14(15)7-12(13)3-1/h1-11H. The van der Waals surface area contributed by atoms with Crippen molar-refractivity contribution in [3.05, 3.63) is 67.3 Å². The molecule has 4 heteroatoms. The number of fused-ring (bicyclic) bond motifs is 2. The number of rotatable bonds is 2. The summed E-state index contributed by atoms with van der Waals surface area (Å²) in [6.07, 6.45) is 2.83. The Bertz CT molecular complexity index is 923. The molecule has 0 saturated carbocycles. The van der Waals surface area contributed by atoms with E-state index in [-0.39, 0.29) is 0 Å². The summed E-state index contributed by atoms with van der Waals surface area (Å²) in [6, 6.07) is 18.9. The lowest BCUT2D eigenvalue weighted by Crippen LogP contribution is -1.91. The van der Waals surface area contributed by atoms with E-state index in [4.69, 9.17) is 4.74 Å². The van der Waals surface area contributed by atoms with Crippen molar-refractivity contribution in [1.29, 1.82) is 0 Å². The van der Waals surface area contributed by atoms with Crippen molar-refractivity contribution >= 4 is 21.5 Å². The molecule has 100 valence electrons. The minimum atomic E-state index is 0.296. The summed E-state index contributed by atoms with van der Waals surface area (Å²) >= 11 is 0. The Kier molecular flexibility index (Phi) is 2.71. The Morgan fingerprint density at radius 2 is 1.33 bits per heavy atom. The van der Waals surface area contributed by atoms with Crippen LogP contribution < -0.4 is 4.74 Å². The minimum absolute atomic E-state index is 0.296. The number of nitrogens with zero attached hydrogens (tertiary/aromatic N) is 3. The van der Waals surface area contributed by atoms with E-state index in [1.807, 2.05) is 30.3 Å². The topological polar surface area (TPSA) is 47.9 Å². The van der Waals surface area contributed by atoms with Crippen LogP contribution in [0.15, 0.2) is 67.3 Å². The molecule has 0 fully saturated rings. The molecule has 4 aromatic rings. The maximum Gasteiger partial charge on any atom is 0.324 e. The SMILES string of the molecule is c1ccc2cc3cc(Oc4ncncn4)ccc3cc2c1. The van der Waals surface area contributed by atoms with Gasteiger partial charge in [0.2, 0.25) is 0 Å². The summed E-state index contributed by atoms with van der Waals surface area (Å²) in [5.74, 6) is 0.712. The highest BCUT2D eigenvalue weighted by Gasteiger charge is 2.03. The van der Waals surface area contributed by atoms with Crippen molar-refractivity contribution in [3.8, 4) is 11.8 Å². The highest BCUT2D eigenvalue weighted by Crippen LogP contribution is 2.27. The third-order valence-electron chi connectivity index (χ3n) is 3.36. The summed E-state index contributed by atoms with van der Waals surface area (Å²) in [6.45, 7) is 0. The van der Waals surface area contributed by atoms with Crippen LogP contribution in [0.5, 0.6) is 11.8 Å². The Labute approximate surface area is 121 Å². The highest BCUT2D eigenvalue weighted by atomic mass is 16.5. The average Bonchev–Trinajstić information content (AvgIpc) is 2.54. The maximum absolute atomic E-state index is 5.64. The first kappa shape index (κ1) is 11.8. The maximum atomic E-state index is 5.64. The fourth-order valence-electron chi connectivity index (χ4n) is 2.37. The molecule has 0 spiro atoms. The highest BCUT2D eigenvalue weighted by molar-refractivity contribution is 5.98. The zero-order chi connectivity index (χ0) is 14.1. The average molecular weight is 273 g/mol. The van der Waals surface area contributed by atoms with Gasteiger partial charge < -0.3 is 4.74 Å². The molecule has 0 amide bonds. The summed E-state index contributed by atoms with van der Waals surface area (Å²) < 4.78 is 5.64. The van der Waals surface area contributed by atoms with E-state index in [9.17, 15) is 0 Å². The fourth-order valence-corrected chi connectivity index (χ4v) is 2.37. The van der Waals surface area contributed by atoms with Gasteiger partial charge in [-0.05, 0) is 45.8 Å². The number of aromatic nitrogens is 3. The van der Waals surface area contributed by atoms with E-state index in [1.165, 1.54) is 28.8 Å². The molecule has 0 N–H and O–H groups in total. The summed E-state index contributed by atoms with van der Waals surface area (Å²) in [5, 5.41) is 4.75. The molecule has 0 aliphatic carbocycles. The second-order valence-corrected chi connectivity index (χ2v) is 4.73. The van der Waals surface area contributed by atoms with Gasteiger partial charge in [-0.25, -0.2) is 4.98 Å². The third-order valence-corrected chi connectivity index (χ3v) is 3.36. The van der Waals surface area contributed by atoms with E-state index >= 15 is 0 Å². The van der Waals surface area contributed by atoms with E-state index in [2.05, 4.69) is 39.2 Å². The molecular formula is C17H11N3O. The van der Waals surface area contributed by atoms with Gasteiger partial charge in [-0.3, -0.25) is 0 Å². The van der Waals surface area contributed by atoms with Gasteiger partial charge in [0, 0.05) is 0 Å². The van der Waals surface area contributed by atoms with Crippen LogP contribution in [0.3, 0.4) is 0 Å². The lowest BCUT2D eigenvalue weighted by atomic mass is 10.0. The van der Waals surface area contributed by atoms with Gasteiger partial charge in [-0.15, -0.1) is 0 Å². The first-order valence-corrected chi connectivity index (χ1v) is 6.61. The van der Waals surface area contributed by atoms with E-state index in [1.54, 1.807) is 0 Å². The Morgan fingerprint density at radius 1 is 0.667 bits per heavy atom. The Hall–Kier alpha value is -3.01. The number of benzene rings is 3. The number of hydrogen-bond donors (Lipinski definition) is 0. The molecule has 0 aliphatic rings. The molecule has 1 aromatic heterocycles. The molecule has 21 heavy (non-hydrogen) atoms. The third kappa shape index (κ3) is 2.27. The van der Waals surface area contributed by atoms with Crippen molar-refractivity contribution in [2.24, 2.45) is 0 Å². The molecule has 1 heterocycles. The van der Waals surface area contributed by atoms with Gasteiger partial charge in [-0.2, -0.15) is 9.97 Å². The summed E-state index contributed by atoms with van der Waals surface area (Å²) in [7, 11) is 0. The summed E-state index contributed by atoms with van der Waals surface area (Å²) in [4.78, 5) is 11.7. The first-order chi connectivity index (χ1) is 10.4. The van der Waals surface area contributed by atoms with Crippen molar-refractivity contribution < 1.29 is 4.74 Å². The molecule has 4 rings (SSSR count). The van der Waals surface area contributed by atoms with E-state index in [0.717, 1.165) is 5.39 Å². The lowest BCUT2D eigenvalue weighted by molar-refractivity contribution is 0.440. The minimum Gasteiger partial charge on any atom is -0.424 e. The molecule has 4 nitrogen and oxygen atoms in total. The van der Waals surface area contributed by atoms with Crippen molar-refractivity contribution in [2.75, 3.05) is 0 Å². The Balaban J connectivity index is 1.80. The fraction of sp³-hybridized carbons (Fsp3) is 0. The van der Waals surface area contributed by atoms with Crippen LogP contribution in [0, 0.1) is 0 Å². The molecule has 0 aliphatic heterocycles. The van der Waals surface area contributed by atoms with Crippen LogP contribution in [-0.2, 0) is 0 Å². The molecule has 0 atom stereocenters. The molecule has 3 aromatic carbocycles. The monoisotopic (exact) mass is 273 g/mol. The smallest absolute Gasteiger partial charge is 0.324 e. The first-order valence-electron chi connectivity index (χ1n) is 6.61. The second-order valence-electron chi connectivity index (χ2n) is 4.73. The van der Waals surface area contributed by atoms with Gasteiger partial charge in [-0.1, -0.05) is 30.3 Å². The van der Waals surface area contributed by atoms with Crippen LogP contribution in [-0.4, -0.2) is 15.0 Å². The van der Waals surface area contributed by atoms with Gasteiger partial charge >= 0.3 is 6.01 Å². The van der Waals surface area contributed by atoms with Gasteiger partial charge in [0.05, 0.1) is 0 Å². The molecule has 0 saturated heterocycles. The van der Waals surface area contributed by atoms with Crippen molar-refractivity contribution in [2.45, 2.75) is 0 Å². The molecule has 0 bridgehead atoms. The van der Waals surface area contributed by atoms with Crippen molar-refractivity contribution in [1.82, 2.24) is 15.0 Å². The van der Waals surface area contributed by atoms with E-state index < -0.39 is 0 Å². The van der Waals surface area contributed by atoms with E-state index in [0.29, 0.717) is 11.8 Å². The van der Waals surface area contributed by atoms with Gasteiger partial charge in [0.15, 0.2) is 0 Å². The normalized spacial score (nSPS) is 10.9. The van der Waals surface area contributed by atoms with Crippen LogP contribution in [0.2, 0.25) is 0 Å². The van der Waals surface area contributed by atoms with Crippen LogP contribution >= 0.6 is 0 Å². The molecule has 0 unspecified atom stereocenters. The van der Waals surface area contributed by atoms with Crippen molar-refractivity contribution in [3.63, 3.8) is 0 Å². The largest absolute Gasteiger partial charge is 0.424 e. The van der Waals surface area contributed by atoms with Crippen LogP contribution in [0.25, 0.3) is 21.5 Å². The van der Waals surface area contributed by atoms with Gasteiger partial charge in [0.1, 0.15) is 18.4 Å². The zero-order valence-corrected chi connectivity index (χ0v) is 11.1. The van der Waals surface area contributed by atoms with Crippen LogP contribution in [0.1, 0.15) is 0 Å². The second kappa shape index (κ2) is 4.83. The molecule has 0 radical (unpaired) electrons. The summed E-state index contributed by atoms with van der Waals surface area (Å²) in [5.41, 5.74) is 0. The number of ether oxygens (including phenoxy) is 1. The quantitative estimate of drug-likeness (QED) is 0.518. The zero-order valence-electron chi connectivity index (χ0n) is 11.1. The lowest BCUT2D eigenvalue weighted by Gasteiger charge is -2.06. The Morgan fingerprint density at radius 3 is 2.10 bits per heavy atom. The predicted molar refractivity (Wildman–Crippen MR) is 81.4 cm³/mol. The molecular weight excluding hydrogens is 262 g/mol. The van der Waals surface area contributed by atoms with Crippen LogP contribution in [0.4, 0.5) is 0 Å². The predicted octanol–water partition coefficient (Wildman–Crippen LogP) is 3.97. The number of hydrogen-bond acceptors (Lipinski definition) is 4.